The molecule has 0 radical (unpaired) electrons. The van der Waals surface area contributed by atoms with E-state index in [0.29, 0.717) is 16.9 Å². The van der Waals surface area contributed by atoms with Crippen LogP contribution in [0.4, 0.5) is 18.9 Å². The highest BCUT2D eigenvalue weighted by Crippen LogP contribution is 2.41. The number of aromatic nitrogens is 1. The van der Waals surface area contributed by atoms with E-state index < -0.39 is 12.8 Å². The minimum Gasteiger partial charge on any atom is -0.493 e. The second-order valence-electron chi connectivity index (χ2n) is 5.24. The van der Waals surface area contributed by atoms with Gasteiger partial charge < -0.3 is 19.5 Å². The summed E-state index contributed by atoms with van der Waals surface area (Å²) in [6.07, 6.45) is -1.94. The molecule has 1 amide bonds. The smallest absolute Gasteiger partial charge is 0.422 e. The number of pyridine rings is 1. The van der Waals surface area contributed by atoms with Gasteiger partial charge in [-0.05, 0) is 30.3 Å². The second kappa shape index (κ2) is 8.43. The Kier molecular flexibility index (Phi) is 6.27. The molecule has 9 heteroatoms. The van der Waals surface area contributed by atoms with Crippen LogP contribution in [0.3, 0.4) is 0 Å². The van der Waals surface area contributed by atoms with Gasteiger partial charge >= 0.3 is 6.18 Å². The molecule has 2 aromatic rings. The molecule has 0 aliphatic heterocycles. The average Bonchev–Trinajstić information content (AvgIpc) is 2.65. The van der Waals surface area contributed by atoms with Crippen molar-refractivity contribution in [1.82, 2.24) is 4.98 Å². The Labute approximate surface area is 153 Å². The summed E-state index contributed by atoms with van der Waals surface area (Å²) in [5.41, 5.74) is 1.49. The SMILES string of the molecule is C=CC(=O)Nc1ccc(-c2cc(OC)c(OCC(F)(F)F)c(OC)c2)nc1. The van der Waals surface area contributed by atoms with E-state index in [1.807, 2.05) is 0 Å². The van der Waals surface area contributed by atoms with Gasteiger partial charge in [0.1, 0.15) is 0 Å². The van der Waals surface area contributed by atoms with Gasteiger partial charge in [-0.15, -0.1) is 0 Å². The van der Waals surface area contributed by atoms with E-state index in [0.717, 1.165) is 6.08 Å². The summed E-state index contributed by atoms with van der Waals surface area (Å²) < 4.78 is 52.5. The maximum Gasteiger partial charge on any atom is 0.422 e. The number of halogens is 3. The first kappa shape index (κ1) is 20.1. The molecule has 2 rings (SSSR count). The third-order valence-corrected chi connectivity index (χ3v) is 3.35. The first-order valence-corrected chi connectivity index (χ1v) is 7.62. The number of nitrogens with zero attached hydrogens (tertiary/aromatic N) is 1. The maximum absolute atomic E-state index is 12.5. The lowest BCUT2D eigenvalue weighted by Gasteiger charge is -2.17. The van der Waals surface area contributed by atoms with Crippen LogP contribution in [-0.2, 0) is 4.79 Å². The van der Waals surface area contributed by atoms with Crippen molar-refractivity contribution in [3.05, 3.63) is 43.1 Å². The first-order valence-electron chi connectivity index (χ1n) is 7.62. The van der Waals surface area contributed by atoms with Crippen molar-refractivity contribution in [3.63, 3.8) is 0 Å². The van der Waals surface area contributed by atoms with E-state index in [1.54, 1.807) is 12.1 Å². The molecular weight excluding hydrogens is 365 g/mol. The van der Waals surface area contributed by atoms with Crippen LogP contribution >= 0.6 is 0 Å². The van der Waals surface area contributed by atoms with Crippen molar-refractivity contribution < 1.29 is 32.2 Å². The highest BCUT2D eigenvalue weighted by molar-refractivity contribution is 5.98. The van der Waals surface area contributed by atoms with E-state index in [1.165, 1.54) is 32.5 Å². The van der Waals surface area contributed by atoms with Gasteiger partial charge in [0.25, 0.3) is 0 Å². The van der Waals surface area contributed by atoms with Crippen LogP contribution in [0.5, 0.6) is 17.2 Å². The van der Waals surface area contributed by atoms with Crippen LogP contribution in [0.1, 0.15) is 0 Å². The van der Waals surface area contributed by atoms with Crippen LogP contribution < -0.4 is 19.5 Å². The molecule has 0 fully saturated rings. The molecule has 0 unspecified atom stereocenters. The lowest BCUT2D eigenvalue weighted by atomic mass is 10.1. The minimum absolute atomic E-state index is 0.0689. The van der Waals surface area contributed by atoms with Gasteiger partial charge in [0.05, 0.1) is 31.8 Å². The molecule has 0 bridgehead atoms. The van der Waals surface area contributed by atoms with Crippen molar-refractivity contribution in [2.45, 2.75) is 6.18 Å². The lowest BCUT2D eigenvalue weighted by molar-refractivity contribution is -0.153. The third kappa shape index (κ3) is 5.37. The van der Waals surface area contributed by atoms with Gasteiger partial charge in [0.15, 0.2) is 18.1 Å². The molecule has 0 saturated carbocycles. The minimum atomic E-state index is -4.50. The highest BCUT2D eigenvalue weighted by atomic mass is 19.4. The number of carbonyl (C=O) groups excluding carboxylic acids is 1. The molecule has 1 aromatic heterocycles. The number of carbonyl (C=O) groups is 1. The van der Waals surface area contributed by atoms with Gasteiger partial charge in [0.2, 0.25) is 11.7 Å². The monoisotopic (exact) mass is 382 g/mol. The molecule has 0 atom stereocenters. The lowest BCUT2D eigenvalue weighted by Crippen LogP contribution is -2.19. The zero-order chi connectivity index (χ0) is 20.0. The Morgan fingerprint density at radius 3 is 2.30 bits per heavy atom. The fourth-order valence-corrected chi connectivity index (χ4v) is 2.16. The number of anilines is 1. The summed E-state index contributed by atoms with van der Waals surface area (Å²) in [7, 11) is 2.61. The fraction of sp³-hybridized carbons (Fsp3) is 0.222. The summed E-state index contributed by atoms with van der Waals surface area (Å²) in [6, 6.07) is 6.22. The number of ether oxygens (including phenoxy) is 3. The van der Waals surface area contributed by atoms with E-state index in [-0.39, 0.29) is 23.2 Å². The van der Waals surface area contributed by atoms with Crippen LogP contribution in [0.25, 0.3) is 11.3 Å². The Balaban J connectivity index is 2.35. The Morgan fingerprint density at radius 2 is 1.85 bits per heavy atom. The Bertz CT molecular complexity index is 795. The zero-order valence-corrected chi connectivity index (χ0v) is 14.6. The summed E-state index contributed by atoms with van der Waals surface area (Å²) >= 11 is 0. The second-order valence-corrected chi connectivity index (χ2v) is 5.24. The third-order valence-electron chi connectivity index (χ3n) is 3.35. The summed E-state index contributed by atoms with van der Waals surface area (Å²) in [5, 5.41) is 2.56. The molecular formula is C18H17F3N2O4. The standard InChI is InChI=1S/C18H17F3N2O4/c1-4-16(24)23-12-5-6-13(22-9-12)11-7-14(25-2)17(15(8-11)26-3)27-10-18(19,20)21/h4-9H,1,10H2,2-3H3,(H,23,24). The van der Waals surface area contributed by atoms with E-state index in [4.69, 9.17) is 14.2 Å². The molecule has 6 nitrogen and oxygen atoms in total. The maximum atomic E-state index is 12.5. The summed E-state index contributed by atoms with van der Waals surface area (Å²) in [5.74, 6) is -0.395. The van der Waals surface area contributed by atoms with Gasteiger partial charge in [-0.1, -0.05) is 6.58 Å². The molecule has 0 aliphatic rings. The number of rotatable bonds is 7. The largest absolute Gasteiger partial charge is 0.493 e. The Hall–Kier alpha value is -3.23. The van der Waals surface area contributed by atoms with E-state index in [9.17, 15) is 18.0 Å². The quantitative estimate of drug-likeness (QED) is 0.737. The highest BCUT2D eigenvalue weighted by Gasteiger charge is 2.30. The van der Waals surface area contributed by atoms with Crippen molar-refractivity contribution in [2.75, 3.05) is 26.1 Å². The average molecular weight is 382 g/mol. The molecule has 0 saturated heterocycles. The number of nitrogens with one attached hydrogen (secondary N) is 1. The van der Waals surface area contributed by atoms with Gasteiger partial charge in [-0.25, -0.2) is 0 Å². The predicted octanol–water partition coefficient (Wildman–Crippen LogP) is 3.83. The van der Waals surface area contributed by atoms with Crippen LogP contribution in [0.2, 0.25) is 0 Å². The van der Waals surface area contributed by atoms with Gasteiger partial charge in [-0.3, -0.25) is 9.78 Å². The van der Waals surface area contributed by atoms with Crippen molar-refractivity contribution >= 4 is 11.6 Å². The fourth-order valence-electron chi connectivity index (χ4n) is 2.16. The van der Waals surface area contributed by atoms with Crippen LogP contribution in [0, 0.1) is 0 Å². The number of benzene rings is 1. The van der Waals surface area contributed by atoms with E-state index in [2.05, 4.69) is 16.9 Å². The molecule has 0 spiro atoms. The van der Waals surface area contributed by atoms with Crippen LogP contribution in [-0.4, -0.2) is 37.9 Å². The van der Waals surface area contributed by atoms with Gasteiger partial charge in [0, 0.05) is 5.56 Å². The number of hydrogen-bond donors (Lipinski definition) is 1. The predicted molar refractivity (Wildman–Crippen MR) is 93.2 cm³/mol. The van der Waals surface area contributed by atoms with Crippen LogP contribution in [0.15, 0.2) is 43.1 Å². The summed E-state index contributed by atoms with van der Waals surface area (Å²) in [4.78, 5) is 15.5. The van der Waals surface area contributed by atoms with E-state index >= 15 is 0 Å². The number of methoxy groups -OCH3 is 2. The molecule has 1 N–H and O–H groups in total. The zero-order valence-electron chi connectivity index (χ0n) is 14.6. The molecule has 1 heterocycles. The van der Waals surface area contributed by atoms with Crippen molar-refractivity contribution in [1.29, 1.82) is 0 Å². The first-order chi connectivity index (χ1) is 12.8. The molecule has 1 aromatic carbocycles. The summed E-state index contributed by atoms with van der Waals surface area (Å²) in [6.45, 7) is 1.88. The Morgan fingerprint density at radius 1 is 1.22 bits per heavy atom. The topological polar surface area (TPSA) is 69.7 Å². The molecule has 27 heavy (non-hydrogen) atoms. The molecule has 144 valence electrons. The van der Waals surface area contributed by atoms with Crippen molar-refractivity contribution in [3.8, 4) is 28.5 Å². The number of amides is 1. The van der Waals surface area contributed by atoms with Crippen molar-refractivity contribution in [2.24, 2.45) is 0 Å². The number of alkyl halides is 3. The normalized spacial score (nSPS) is 10.9. The number of hydrogen-bond acceptors (Lipinski definition) is 5. The van der Waals surface area contributed by atoms with Gasteiger partial charge in [-0.2, -0.15) is 13.2 Å². The molecule has 0 aliphatic carbocycles.